The Kier molecular flexibility index (Phi) is 3.98. The molecule has 0 amide bonds. The molecule has 4 heteroatoms. The van der Waals surface area contributed by atoms with E-state index in [2.05, 4.69) is 22.5 Å². The van der Waals surface area contributed by atoms with E-state index in [1.54, 1.807) is 6.20 Å². The Bertz CT molecular complexity index is 690. The van der Waals surface area contributed by atoms with Gasteiger partial charge in [-0.2, -0.15) is 5.10 Å². The third kappa shape index (κ3) is 3.12. The number of anilines is 1. The molecule has 1 heterocycles. The van der Waals surface area contributed by atoms with Crippen LogP contribution in [-0.4, -0.2) is 14.9 Å². The summed E-state index contributed by atoms with van der Waals surface area (Å²) in [5.74, 6) is 0. The van der Waals surface area contributed by atoms with Crippen molar-refractivity contribution in [3.05, 3.63) is 78.1 Å². The van der Waals surface area contributed by atoms with Crippen molar-refractivity contribution in [1.29, 1.82) is 0 Å². The highest BCUT2D eigenvalue weighted by Gasteiger charge is 2.01. The molecule has 0 aliphatic rings. The van der Waals surface area contributed by atoms with Gasteiger partial charge in [0.05, 0.1) is 12.3 Å². The molecule has 1 aromatic heterocycles. The van der Waals surface area contributed by atoms with Gasteiger partial charge < -0.3 is 10.4 Å². The van der Waals surface area contributed by atoms with Crippen LogP contribution in [0.2, 0.25) is 0 Å². The summed E-state index contributed by atoms with van der Waals surface area (Å²) >= 11 is 0. The van der Waals surface area contributed by atoms with Crippen LogP contribution in [-0.2, 0) is 13.2 Å². The first kappa shape index (κ1) is 13.4. The summed E-state index contributed by atoms with van der Waals surface area (Å²) < 4.78 is 1.83. The molecule has 0 bridgehead atoms. The van der Waals surface area contributed by atoms with Gasteiger partial charge in [0.1, 0.15) is 0 Å². The van der Waals surface area contributed by atoms with Crippen LogP contribution < -0.4 is 5.32 Å². The second-order valence-electron chi connectivity index (χ2n) is 4.79. The molecule has 21 heavy (non-hydrogen) atoms. The SMILES string of the molecule is OCc1ccccc1NCc1ccc(-n2cccn2)cc1. The highest BCUT2D eigenvalue weighted by atomic mass is 16.3. The lowest BCUT2D eigenvalue weighted by Gasteiger charge is -2.11. The Balaban J connectivity index is 1.68. The molecule has 0 fully saturated rings. The summed E-state index contributed by atoms with van der Waals surface area (Å²) in [5, 5.41) is 16.9. The topological polar surface area (TPSA) is 50.1 Å². The van der Waals surface area contributed by atoms with E-state index >= 15 is 0 Å². The lowest BCUT2D eigenvalue weighted by molar-refractivity contribution is 0.282. The summed E-state index contributed by atoms with van der Waals surface area (Å²) in [5.41, 5.74) is 4.10. The van der Waals surface area contributed by atoms with Crippen molar-refractivity contribution in [2.45, 2.75) is 13.2 Å². The maximum absolute atomic E-state index is 9.31. The number of benzene rings is 2. The zero-order chi connectivity index (χ0) is 14.5. The number of nitrogens with zero attached hydrogens (tertiary/aromatic N) is 2. The summed E-state index contributed by atoms with van der Waals surface area (Å²) in [7, 11) is 0. The predicted octanol–water partition coefficient (Wildman–Crippen LogP) is 2.98. The summed E-state index contributed by atoms with van der Waals surface area (Å²) in [6.07, 6.45) is 3.69. The fourth-order valence-corrected chi connectivity index (χ4v) is 2.22. The summed E-state index contributed by atoms with van der Waals surface area (Å²) in [6, 6.07) is 17.9. The summed E-state index contributed by atoms with van der Waals surface area (Å²) in [4.78, 5) is 0. The Morgan fingerprint density at radius 1 is 1.00 bits per heavy atom. The zero-order valence-electron chi connectivity index (χ0n) is 11.6. The minimum Gasteiger partial charge on any atom is -0.392 e. The average Bonchev–Trinajstić information content (AvgIpc) is 3.08. The van der Waals surface area contributed by atoms with Crippen LogP contribution in [0.3, 0.4) is 0 Å². The molecule has 106 valence electrons. The highest BCUT2D eigenvalue weighted by Crippen LogP contribution is 2.16. The normalized spacial score (nSPS) is 10.5. The van der Waals surface area contributed by atoms with E-state index in [0.29, 0.717) is 0 Å². The predicted molar refractivity (Wildman–Crippen MR) is 83.3 cm³/mol. The van der Waals surface area contributed by atoms with Crippen molar-refractivity contribution in [3.63, 3.8) is 0 Å². The first-order valence-corrected chi connectivity index (χ1v) is 6.88. The third-order valence-corrected chi connectivity index (χ3v) is 3.38. The van der Waals surface area contributed by atoms with Crippen LogP contribution in [0, 0.1) is 0 Å². The van der Waals surface area contributed by atoms with Crippen LogP contribution in [0.25, 0.3) is 5.69 Å². The highest BCUT2D eigenvalue weighted by molar-refractivity contribution is 5.51. The van der Waals surface area contributed by atoms with Crippen LogP contribution in [0.4, 0.5) is 5.69 Å². The Hall–Kier alpha value is -2.59. The number of hydrogen-bond acceptors (Lipinski definition) is 3. The van der Waals surface area contributed by atoms with Crippen molar-refractivity contribution in [3.8, 4) is 5.69 Å². The van der Waals surface area contributed by atoms with Gasteiger partial charge in [-0.05, 0) is 29.8 Å². The molecule has 4 nitrogen and oxygen atoms in total. The molecule has 0 atom stereocenters. The Labute approximate surface area is 123 Å². The average molecular weight is 279 g/mol. The number of aromatic nitrogens is 2. The number of aliphatic hydroxyl groups excluding tert-OH is 1. The molecule has 0 aliphatic carbocycles. The number of nitrogens with one attached hydrogen (secondary N) is 1. The standard InChI is InChI=1S/C17H17N3O/c21-13-15-4-1-2-5-17(15)18-12-14-6-8-16(9-7-14)20-11-3-10-19-20/h1-11,18,21H,12-13H2. The van der Waals surface area contributed by atoms with E-state index in [1.165, 1.54) is 5.56 Å². The summed E-state index contributed by atoms with van der Waals surface area (Å²) in [6.45, 7) is 0.762. The van der Waals surface area contributed by atoms with Crippen LogP contribution >= 0.6 is 0 Å². The van der Waals surface area contributed by atoms with E-state index in [1.807, 2.05) is 53.3 Å². The van der Waals surface area contributed by atoms with Crippen molar-refractivity contribution in [2.24, 2.45) is 0 Å². The molecule has 0 aliphatic heterocycles. The van der Waals surface area contributed by atoms with E-state index in [9.17, 15) is 5.11 Å². The van der Waals surface area contributed by atoms with Crippen molar-refractivity contribution in [1.82, 2.24) is 9.78 Å². The molecule has 0 saturated carbocycles. The first-order valence-electron chi connectivity index (χ1n) is 6.88. The van der Waals surface area contributed by atoms with Crippen molar-refractivity contribution < 1.29 is 5.11 Å². The van der Waals surface area contributed by atoms with Crippen LogP contribution in [0.5, 0.6) is 0 Å². The van der Waals surface area contributed by atoms with E-state index in [4.69, 9.17) is 0 Å². The van der Waals surface area contributed by atoms with E-state index in [0.717, 1.165) is 23.5 Å². The first-order chi connectivity index (χ1) is 10.4. The molecule has 0 radical (unpaired) electrons. The third-order valence-electron chi connectivity index (χ3n) is 3.38. The molecular weight excluding hydrogens is 262 g/mol. The molecule has 3 aromatic rings. The van der Waals surface area contributed by atoms with Gasteiger partial charge >= 0.3 is 0 Å². The molecule has 0 saturated heterocycles. The maximum Gasteiger partial charge on any atom is 0.0701 e. The fourth-order valence-electron chi connectivity index (χ4n) is 2.22. The van der Waals surface area contributed by atoms with Gasteiger partial charge in [-0.1, -0.05) is 30.3 Å². The van der Waals surface area contributed by atoms with Gasteiger partial charge in [0, 0.05) is 30.2 Å². The lowest BCUT2D eigenvalue weighted by atomic mass is 10.1. The molecule has 3 rings (SSSR count). The molecule has 2 aromatic carbocycles. The minimum atomic E-state index is 0.0431. The number of rotatable bonds is 5. The monoisotopic (exact) mass is 279 g/mol. The number of para-hydroxylation sites is 1. The number of hydrogen-bond donors (Lipinski definition) is 2. The fraction of sp³-hybridized carbons (Fsp3) is 0.118. The second-order valence-corrected chi connectivity index (χ2v) is 4.79. The number of aliphatic hydroxyl groups is 1. The van der Waals surface area contributed by atoms with Gasteiger partial charge in [0.2, 0.25) is 0 Å². The van der Waals surface area contributed by atoms with Gasteiger partial charge in [-0.25, -0.2) is 4.68 Å². The Morgan fingerprint density at radius 2 is 1.81 bits per heavy atom. The zero-order valence-corrected chi connectivity index (χ0v) is 11.6. The van der Waals surface area contributed by atoms with Crippen molar-refractivity contribution >= 4 is 5.69 Å². The lowest BCUT2D eigenvalue weighted by Crippen LogP contribution is -2.03. The minimum absolute atomic E-state index is 0.0431. The molecule has 0 spiro atoms. The van der Waals surface area contributed by atoms with E-state index in [-0.39, 0.29) is 6.61 Å². The Morgan fingerprint density at radius 3 is 2.52 bits per heavy atom. The molecular formula is C17H17N3O. The second kappa shape index (κ2) is 6.24. The quantitative estimate of drug-likeness (QED) is 0.755. The van der Waals surface area contributed by atoms with Crippen molar-refractivity contribution in [2.75, 3.05) is 5.32 Å². The molecule has 0 unspecified atom stereocenters. The van der Waals surface area contributed by atoms with E-state index < -0.39 is 0 Å². The van der Waals surface area contributed by atoms with Gasteiger partial charge in [-0.15, -0.1) is 0 Å². The maximum atomic E-state index is 9.31. The van der Waals surface area contributed by atoms with Gasteiger partial charge in [0.15, 0.2) is 0 Å². The smallest absolute Gasteiger partial charge is 0.0701 e. The van der Waals surface area contributed by atoms with Crippen LogP contribution in [0.15, 0.2) is 67.0 Å². The molecule has 2 N–H and O–H groups in total. The van der Waals surface area contributed by atoms with Gasteiger partial charge in [-0.3, -0.25) is 0 Å². The van der Waals surface area contributed by atoms with Crippen LogP contribution in [0.1, 0.15) is 11.1 Å². The largest absolute Gasteiger partial charge is 0.392 e. The van der Waals surface area contributed by atoms with Gasteiger partial charge in [0.25, 0.3) is 0 Å².